The predicted molar refractivity (Wildman–Crippen MR) is 76.4 cm³/mol. The lowest BCUT2D eigenvalue weighted by molar-refractivity contribution is -0.137. The highest BCUT2D eigenvalue weighted by molar-refractivity contribution is 5.46. The van der Waals surface area contributed by atoms with E-state index in [4.69, 9.17) is 4.74 Å². The highest BCUT2D eigenvalue weighted by Crippen LogP contribution is 2.29. The van der Waals surface area contributed by atoms with E-state index < -0.39 is 11.7 Å². The van der Waals surface area contributed by atoms with E-state index in [1.165, 1.54) is 12.1 Å². The predicted octanol–water partition coefficient (Wildman–Crippen LogP) is 4.72. The van der Waals surface area contributed by atoms with Crippen LogP contribution in [-0.4, -0.2) is 6.61 Å². The number of alkyl halides is 3. The zero-order chi connectivity index (χ0) is 15.3. The Morgan fingerprint density at radius 2 is 1.57 bits per heavy atom. The summed E-state index contributed by atoms with van der Waals surface area (Å²) < 4.78 is 42.7. The van der Waals surface area contributed by atoms with Crippen molar-refractivity contribution in [3.8, 4) is 5.75 Å². The fourth-order valence-electron chi connectivity index (χ4n) is 1.85. The average molecular weight is 295 g/mol. The molecule has 0 aliphatic heterocycles. The monoisotopic (exact) mass is 295 g/mol. The number of anilines is 1. The third kappa shape index (κ3) is 4.41. The van der Waals surface area contributed by atoms with Crippen molar-refractivity contribution in [2.45, 2.75) is 19.6 Å². The van der Waals surface area contributed by atoms with Gasteiger partial charge in [-0.15, -0.1) is 0 Å². The molecule has 21 heavy (non-hydrogen) atoms. The first kappa shape index (κ1) is 15.2. The van der Waals surface area contributed by atoms with Crippen LogP contribution in [0.2, 0.25) is 0 Å². The standard InChI is InChI=1S/C16H16F3NO/c1-2-21-15-9-7-14(8-10-15)20-11-12-3-5-13(6-4-12)16(17,18)19/h3-10,20H,2,11H2,1H3. The van der Waals surface area contributed by atoms with Gasteiger partial charge in [0.15, 0.2) is 0 Å². The van der Waals surface area contributed by atoms with E-state index in [1.54, 1.807) is 0 Å². The molecule has 0 aliphatic carbocycles. The maximum Gasteiger partial charge on any atom is 0.416 e. The lowest BCUT2D eigenvalue weighted by Crippen LogP contribution is -2.05. The van der Waals surface area contributed by atoms with Crippen molar-refractivity contribution in [1.82, 2.24) is 0 Å². The molecular formula is C16H16F3NO. The second kappa shape index (κ2) is 6.52. The Morgan fingerprint density at radius 1 is 0.952 bits per heavy atom. The van der Waals surface area contributed by atoms with E-state index in [0.717, 1.165) is 29.1 Å². The molecule has 0 atom stereocenters. The summed E-state index contributed by atoms with van der Waals surface area (Å²) in [4.78, 5) is 0. The molecule has 2 aromatic rings. The molecule has 2 rings (SSSR count). The van der Waals surface area contributed by atoms with Crippen LogP contribution in [0.4, 0.5) is 18.9 Å². The summed E-state index contributed by atoms with van der Waals surface area (Å²) in [6.07, 6.45) is -4.29. The highest BCUT2D eigenvalue weighted by atomic mass is 19.4. The van der Waals surface area contributed by atoms with E-state index in [2.05, 4.69) is 5.32 Å². The number of benzene rings is 2. The third-order valence-corrected chi connectivity index (χ3v) is 2.94. The molecule has 0 spiro atoms. The fourth-order valence-corrected chi connectivity index (χ4v) is 1.85. The zero-order valence-corrected chi connectivity index (χ0v) is 11.6. The average Bonchev–Trinajstić information content (AvgIpc) is 2.46. The molecule has 2 aromatic carbocycles. The smallest absolute Gasteiger partial charge is 0.416 e. The molecule has 0 aromatic heterocycles. The Morgan fingerprint density at radius 3 is 2.10 bits per heavy atom. The van der Waals surface area contributed by atoms with Gasteiger partial charge in [0, 0.05) is 12.2 Å². The van der Waals surface area contributed by atoms with Gasteiger partial charge in [-0.1, -0.05) is 12.1 Å². The lowest BCUT2D eigenvalue weighted by Gasteiger charge is -2.10. The second-order valence-electron chi connectivity index (χ2n) is 4.51. The summed E-state index contributed by atoms with van der Waals surface area (Å²) in [5.74, 6) is 0.789. The van der Waals surface area contributed by atoms with Crippen molar-refractivity contribution >= 4 is 5.69 Å². The molecule has 112 valence electrons. The Kier molecular flexibility index (Phi) is 4.73. The molecule has 0 bridgehead atoms. The van der Waals surface area contributed by atoms with Crippen molar-refractivity contribution in [3.05, 3.63) is 59.7 Å². The van der Waals surface area contributed by atoms with E-state index >= 15 is 0 Å². The molecule has 0 fully saturated rings. The maximum atomic E-state index is 12.4. The molecule has 0 saturated carbocycles. The van der Waals surface area contributed by atoms with Crippen LogP contribution < -0.4 is 10.1 Å². The Hall–Kier alpha value is -2.17. The summed E-state index contributed by atoms with van der Waals surface area (Å²) in [5.41, 5.74) is 1.04. The highest BCUT2D eigenvalue weighted by Gasteiger charge is 2.29. The number of nitrogens with one attached hydrogen (secondary N) is 1. The molecule has 2 nitrogen and oxygen atoms in total. The number of rotatable bonds is 5. The molecular weight excluding hydrogens is 279 g/mol. The Balaban J connectivity index is 1.93. The normalized spacial score (nSPS) is 11.2. The third-order valence-electron chi connectivity index (χ3n) is 2.94. The van der Waals surface area contributed by atoms with Gasteiger partial charge in [-0.2, -0.15) is 13.2 Å². The van der Waals surface area contributed by atoms with Crippen LogP contribution in [0, 0.1) is 0 Å². The molecule has 0 unspecified atom stereocenters. The van der Waals surface area contributed by atoms with Gasteiger partial charge in [-0.3, -0.25) is 0 Å². The van der Waals surface area contributed by atoms with E-state index in [9.17, 15) is 13.2 Å². The first-order valence-electron chi connectivity index (χ1n) is 6.62. The largest absolute Gasteiger partial charge is 0.494 e. The van der Waals surface area contributed by atoms with Crippen LogP contribution in [0.1, 0.15) is 18.1 Å². The van der Waals surface area contributed by atoms with Crippen molar-refractivity contribution < 1.29 is 17.9 Å². The molecule has 0 aliphatic rings. The summed E-state index contributed by atoms with van der Waals surface area (Å²) in [6.45, 7) is 2.99. The molecule has 0 heterocycles. The molecule has 0 saturated heterocycles. The van der Waals surface area contributed by atoms with Gasteiger partial charge in [0.05, 0.1) is 12.2 Å². The van der Waals surface area contributed by atoms with Crippen LogP contribution in [0.25, 0.3) is 0 Å². The quantitative estimate of drug-likeness (QED) is 0.862. The number of halogens is 3. The van der Waals surface area contributed by atoms with Gasteiger partial charge in [-0.05, 0) is 48.9 Å². The van der Waals surface area contributed by atoms with Gasteiger partial charge in [-0.25, -0.2) is 0 Å². The summed E-state index contributed by atoms with van der Waals surface area (Å²) >= 11 is 0. The van der Waals surface area contributed by atoms with Crippen molar-refractivity contribution in [1.29, 1.82) is 0 Å². The van der Waals surface area contributed by atoms with Crippen LogP contribution in [0.15, 0.2) is 48.5 Å². The first-order chi connectivity index (χ1) is 9.99. The van der Waals surface area contributed by atoms with Gasteiger partial charge in [0.2, 0.25) is 0 Å². The van der Waals surface area contributed by atoms with Gasteiger partial charge in [0.1, 0.15) is 5.75 Å². The first-order valence-corrected chi connectivity index (χ1v) is 6.62. The van der Waals surface area contributed by atoms with Gasteiger partial charge >= 0.3 is 6.18 Å². The minimum atomic E-state index is -4.29. The molecule has 1 N–H and O–H groups in total. The van der Waals surface area contributed by atoms with Crippen LogP contribution in [-0.2, 0) is 12.7 Å². The summed E-state index contributed by atoms with van der Waals surface area (Å²) in [7, 11) is 0. The molecule has 0 amide bonds. The van der Waals surface area contributed by atoms with Crippen molar-refractivity contribution in [3.63, 3.8) is 0 Å². The van der Waals surface area contributed by atoms with E-state index in [-0.39, 0.29) is 0 Å². The van der Waals surface area contributed by atoms with Crippen LogP contribution in [0.5, 0.6) is 5.75 Å². The van der Waals surface area contributed by atoms with Crippen LogP contribution >= 0.6 is 0 Å². The SMILES string of the molecule is CCOc1ccc(NCc2ccc(C(F)(F)F)cc2)cc1. The summed E-state index contributed by atoms with van der Waals surface area (Å²) in [6, 6.07) is 12.6. The zero-order valence-electron chi connectivity index (χ0n) is 11.6. The lowest BCUT2D eigenvalue weighted by atomic mass is 10.1. The van der Waals surface area contributed by atoms with E-state index in [1.807, 2.05) is 31.2 Å². The fraction of sp³-hybridized carbons (Fsp3) is 0.250. The van der Waals surface area contributed by atoms with Gasteiger partial charge in [0.25, 0.3) is 0 Å². The van der Waals surface area contributed by atoms with Crippen molar-refractivity contribution in [2.75, 3.05) is 11.9 Å². The Bertz CT molecular complexity index is 562. The van der Waals surface area contributed by atoms with Crippen molar-refractivity contribution in [2.24, 2.45) is 0 Å². The minimum absolute atomic E-state index is 0.464. The molecule has 0 radical (unpaired) electrons. The van der Waals surface area contributed by atoms with Crippen LogP contribution in [0.3, 0.4) is 0 Å². The number of hydrogen-bond donors (Lipinski definition) is 1. The minimum Gasteiger partial charge on any atom is -0.494 e. The summed E-state index contributed by atoms with van der Waals surface area (Å²) in [5, 5.41) is 3.15. The molecule has 5 heteroatoms. The van der Waals surface area contributed by atoms with E-state index in [0.29, 0.717) is 13.2 Å². The second-order valence-corrected chi connectivity index (χ2v) is 4.51. The maximum absolute atomic E-state index is 12.4. The van der Waals surface area contributed by atoms with Gasteiger partial charge < -0.3 is 10.1 Å². The topological polar surface area (TPSA) is 21.3 Å². The number of ether oxygens (including phenoxy) is 1. The Labute approximate surface area is 121 Å². The number of hydrogen-bond acceptors (Lipinski definition) is 2.